The zero-order chi connectivity index (χ0) is 19.2. The molecule has 3 amide bonds. The van der Waals surface area contributed by atoms with Crippen LogP contribution in [-0.4, -0.2) is 22.7 Å². The molecule has 7 heteroatoms. The molecule has 0 fully saturated rings. The quantitative estimate of drug-likeness (QED) is 0.693. The number of hydrogen-bond acceptors (Lipinski definition) is 4. The lowest BCUT2D eigenvalue weighted by atomic mass is 9.90. The van der Waals surface area contributed by atoms with Gasteiger partial charge in [0, 0.05) is 37.2 Å². The van der Waals surface area contributed by atoms with E-state index in [0.717, 1.165) is 5.56 Å². The number of pyridine rings is 1. The molecule has 0 radical (unpaired) electrons. The highest BCUT2D eigenvalue weighted by Crippen LogP contribution is 2.21. The molecule has 3 N–H and O–H groups in total. The van der Waals surface area contributed by atoms with Gasteiger partial charge in [0.15, 0.2) is 0 Å². The molecule has 1 aromatic heterocycles. The lowest BCUT2D eigenvalue weighted by Crippen LogP contribution is -2.44. The van der Waals surface area contributed by atoms with Crippen molar-refractivity contribution in [3.63, 3.8) is 0 Å². The molecule has 7 nitrogen and oxygen atoms in total. The summed E-state index contributed by atoms with van der Waals surface area (Å²) >= 11 is 0. The molecule has 1 heterocycles. The molecule has 2 rings (SSSR count). The molecule has 136 valence electrons. The Hall–Kier alpha value is -3.22. The number of carbonyl (C=O) groups is 3. The van der Waals surface area contributed by atoms with Crippen LogP contribution in [0, 0.1) is 5.41 Å². The summed E-state index contributed by atoms with van der Waals surface area (Å²) in [6, 6.07) is 10.3. The molecular formula is C19H22N4O3. The minimum Gasteiger partial charge on any atom is -0.351 e. The van der Waals surface area contributed by atoms with E-state index >= 15 is 0 Å². The Bertz CT molecular complexity index is 803. The molecule has 0 unspecified atom stereocenters. The highest BCUT2D eigenvalue weighted by atomic mass is 16.2. The molecule has 0 aliphatic carbocycles. The van der Waals surface area contributed by atoms with Crippen LogP contribution in [0.25, 0.3) is 0 Å². The molecule has 0 bridgehead atoms. The first-order chi connectivity index (χ1) is 12.3. The second kappa shape index (κ2) is 8.24. The van der Waals surface area contributed by atoms with Gasteiger partial charge in [-0.2, -0.15) is 0 Å². The van der Waals surface area contributed by atoms with Crippen molar-refractivity contribution in [1.29, 1.82) is 0 Å². The normalized spacial score (nSPS) is 10.7. The van der Waals surface area contributed by atoms with E-state index in [-0.39, 0.29) is 11.8 Å². The minimum atomic E-state index is -1.27. The average Bonchev–Trinajstić information content (AvgIpc) is 2.60. The predicted molar refractivity (Wildman–Crippen MR) is 99.2 cm³/mol. The first kappa shape index (κ1) is 19.1. The fourth-order valence-electron chi connectivity index (χ4n) is 2.17. The highest BCUT2D eigenvalue weighted by Gasteiger charge is 2.35. The van der Waals surface area contributed by atoms with Gasteiger partial charge >= 0.3 is 0 Å². The Morgan fingerprint density at radius 1 is 0.962 bits per heavy atom. The summed E-state index contributed by atoms with van der Waals surface area (Å²) in [5.74, 6) is -1.03. The highest BCUT2D eigenvalue weighted by molar-refractivity contribution is 6.10. The van der Waals surface area contributed by atoms with Gasteiger partial charge in [0.05, 0.1) is 0 Å². The minimum absolute atomic E-state index is 0.204. The van der Waals surface area contributed by atoms with Gasteiger partial charge in [-0.15, -0.1) is 0 Å². The van der Waals surface area contributed by atoms with Crippen LogP contribution in [0.1, 0.15) is 26.3 Å². The number of rotatable bonds is 6. The molecule has 1 aromatic carbocycles. The van der Waals surface area contributed by atoms with Crippen LogP contribution in [0.2, 0.25) is 0 Å². The number of nitrogens with zero attached hydrogens (tertiary/aromatic N) is 1. The van der Waals surface area contributed by atoms with Gasteiger partial charge in [0.25, 0.3) is 0 Å². The van der Waals surface area contributed by atoms with E-state index in [1.165, 1.54) is 6.92 Å². The standard InChI is InChI=1S/C19H22N4O3/c1-13(24)22-15-5-4-6-16(11-15)23-18(26)19(2,3)17(25)21-12-14-7-9-20-10-8-14/h4-11H,12H2,1-3H3,(H,21,25)(H,22,24)(H,23,26). The third-order valence-corrected chi connectivity index (χ3v) is 3.78. The van der Waals surface area contributed by atoms with Crippen molar-refractivity contribution in [1.82, 2.24) is 10.3 Å². The number of amides is 3. The zero-order valence-corrected chi connectivity index (χ0v) is 15.0. The molecule has 2 aromatic rings. The Kier molecular flexibility index (Phi) is 6.06. The maximum Gasteiger partial charge on any atom is 0.239 e. The summed E-state index contributed by atoms with van der Waals surface area (Å²) in [4.78, 5) is 40.0. The van der Waals surface area contributed by atoms with Crippen molar-refractivity contribution in [2.75, 3.05) is 10.6 Å². The van der Waals surface area contributed by atoms with Gasteiger partial charge in [0.1, 0.15) is 5.41 Å². The number of carbonyl (C=O) groups excluding carboxylic acids is 3. The van der Waals surface area contributed by atoms with Crippen molar-refractivity contribution in [3.05, 3.63) is 54.4 Å². The summed E-state index contributed by atoms with van der Waals surface area (Å²) in [5.41, 5.74) is 0.691. The summed E-state index contributed by atoms with van der Waals surface area (Å²) in [6.07, 6.45) is 3.28. The van der Waals surface area contributed by atoms with Gasteiger partial charge in [-0.1, -0.05) is 6.07 Å². The van der Waals surface area contributed by atoms with Crippen LogP contribution in [0.4, 0.5) is 11.4 Å². The first-order valence-electron chi connectivity index (χ1n) is 8.15. The van der Waals surface area contributed by atoms with Crippen LogP contribution in [0.15, 0.2) is 48.8 Å². The Balaban J connectivity index is 2.00. The van der Waals surface area contributed by atoms with E-state index in [0.29, 0.717) is 17.9 Å². The smallest absolute Gasteiger partial charge is 0.239 e. The number of anilines is 2. The van der Waals surface area contributed by atoms with E-state index in [1.807, 2.05) is 0 Å². The fourth-order valence-corrected chi connectivity index (χ4v) is 2.17. The summed E-state index contributed by atoms with van der Waals surface area (Å²) in [6.45, 7) is 4.83. The van der Waals surface area contributed by atoms with Gasteiger partial charge in [-0.25, -0.2) is 0 Å². The lowest BCUT2D eigenvalue weighted by molar-refractivity contribution is -0.138. The van der Waals surface area contributed by atoms with Crippen molar-refractivity contribution < 1.29 is 14.4 Å². The largest absolute Gasteiger partial charge is 0.351 e. The Morgan fingerprint density at radius 3 is 2.19 bits per heavy atom. The Labute approximate surface area is 152 Å². The van der Waals surface area contributed by atoms with Crippen molar-refractivity contribution in [2.24, 2.45) is 5.41 Å². The molecular weight excluding hydrogens is 332 g/mol. The first-order valence-corrected chi connectivity index (χ1v) is 8.15. The third-order valence-electron chi connectivity index (χ3n) is 3.78. The van der Waals surface area contributed by atoms with Crippen molar-refractivity contribution in [3.8, 4) is 0 Å². The molecule has 0 aliphatic rings. The van der Waals surface area contributed by atoms with Crippen LogP contribution >= 0.6 is 0 Å². The lowest BCUT2D eigenvalue weighted by Gasteiger charge is -2.23. The monoisotopic (exact) mass is 354 g/mol. The second-order valence-corrected chi connectivity index (χ2v) is 6.38. The topological polar surface area (TPSA) is 100 Å². The van der Waals surface area contributed by atoms with Crippen LogP contribution < -0.4 is 16.0 Å². The summed E-state index contributed by atoms with van der Waals surface area (Å²) < 4.78 is 0. The SMILES string of the molecule is CC(=O)Nc1cccc(NC(=O)C(C)(C)C(=O)NCc2ccncc2)c1. The maximum atomic E-state index is 12.6. The summed E-state index contributed by atoms with van der Waals surface area (Å²) in [7, 11) is 0. The van der Waals surface area contributed by atoms with E-state index in [9.17, 15) is 14.4 Å². The van der Waals surface area contributed by atoms with Crippen LogP contribution in [-0.2, 0) is 20.9 Å². The van der Waals surface area contributed by atoms with Crippen molar-refractivity contribution in [2.45, 2.75) is 27.3 Å². The van der Waals surface area contributed by atoms with E-state index in [1.54, 1.807) is 62.6 Å². The Morgan fingerprint density at radius 2 is 1.58 bits per heavy atom. The molecule has 0 saturated carbocycles. The second-order valence-electron chi connectivity index (χ2n) is 6.38. The van der Waals surface area contributed by atoms with E-state index in [2.05, 4.69) is 20.9 Å². The van der Waals surface area contributed by atoms with Gasteiger partial charge in [0.2, 0.25) is 17.7 Å². The number of hydrogen-bond donors (Lipinski definition) is 3. The van der Waals surface area contributed by atoms with Crippen LogP contribution in [0.5, 0.6) is 0 Å². The van der Waals surface area contributed by atoms with E-state index in [4.69, 9.17) is 0 Å². The third kappa shape index (κ3) is 5.14. The molecule has 0 aliphatic heterocycles. The molecule has 0 spiro atoms. The number of benzene rings is 1. The fraction of sp³-hybridized carbons (Fsp3) is 0.263. The average molecular weight is 354 g/mol. The molecule has 0 atom stereocenters. The predicted octanol–water partition coefficient (Wildman–Crippen LogP) is 2.32. The zero-order valence-electron chi connectivity index (χ0n) is 15.0. The maximum absolute atomic E-state index is 12.6. The summed E-state index contributed by atoms with van der Waals surface area (Å²) in [5, 5.41) is 8.12. The molecule has 26 heavy (non-hydrogen) atoms. The van der Waals surface area contributed by atoms with Gasteiger partial charge in [-0.3, -0.25) is 19.4 Å². The van der Waals surface area contributed by atoms with Gasteiger partial charge < -0.3 is 16.0 Å². The van der Waals surface area contributed by atoms with Crippen molar-refractivity contribution >= 4 is 29.1 Å². The number of aromatic nitrogens is 1. The van der Waals surface area contributed by atoms with E-state index < -0.39 is 11.3 Å². The van der Waals surface area contributed by atoms with Gasteiger partial charge in [-0.05, 0) is 49.7 Å². The van der Waals surface area contributed by atoms with Crippen LogP contribution in [0.3, 0.4) is 0 Å². The number of nitrogens with one attached hydrogen (secondary N) is 3. The molecule has 0 saturated heterocycles.